The molecule has 0 saturated heterocycles. The zero-order valence-electron chi connectivity index (χ0n) is 5.20. The van der Waals surface area contributed by atoms with Crippen molar-refractivity contribution in [2.75, 3.05) is 0 Å². The van der Waals surface area contributed by atoms with E-state index in [-0.39, 0.29) is 0 Å². The summed E-state index contributed by atoms with van der Waals surface area (Å²) in [6, 6.07) is 8.07. The van der Waals surface area contributed by atoms with Gasteiger partial charge in [-0.05, 0) is 6.07 Å². The van der Waals surface area contributed by atoms with E-state index in [0.717, 1.165) is 17.0 Å². The van der Waals surface area contributed by atoms with Crippen molar-refractivity contribution in [2.45, 2.75) is 0 Å². The second kappa shape index (κ2) is 1.19. The van der Waals surface area contributed by atoms with Crippen LogP contribution in [0.1, 0.15) is 0 Å². The highest BCUT2D eigenvalue weighted by Crippen LogP contribution is 2.33. The van der Waals surface area contributed by atoms with Gasteiger partial charge in [0, 0.05) is 5.39 Å². The molecule has 0 aromatic heterocycles. The second-order valence-electron chi connectivity index (χ2n) is 2.41. The molecule has 0 unspecified atom stereocenters. The Balaban J connectivity index is 2.63. The molecule has 46 valence electrons. The summed E-state index contributed by atoms with van der Waals surface area (Å²) in [5.74, 6) is 0.932. The maximum absolute atomic E-state index is 4.24. The Morgan fingerprint density at radius 3 is 2.80 bits per heavy atom. The molecule has 2 heteroatoms. The van der Waals surface area contributed by atoms with Crippen LogP contribution in [0.2, 0.25) is 0 Å². The molecule has 0 N–H and O–H groups in total. The highest BCUT2D eigenvalue weighted by Gasteiger charge is 2.21. The Kier molecular flexibility index (Phi) is 0.520. The highest BCUT2D eigenvalue weighted by atomic mass is 15.0. The van der Waals surface area contributed by atoms with Crippen LogP contribution in [0.15, 0.2) is 24.3 Å². The predicted molar refractivity (Wildman–Crippen MR) is 38.5 cm³/mol. The summed E-state index contributed by atoms with van der Waals surface area (Å²) in [6.07, 6.45) is 0. The van der Waals surface area contributed by atoms with Crippen LogP contribution in [0.25, 0.3) is 22.4 Å². The zero-order valence-corrected chi connectivity index (χ0v) is 5.20. The van der Waals surface area contributed by atoms with Gasteiger partial charge in [-0.2, -0.15) is 0 Å². The maximum atomic E-state index is 4.24. The first-order valence-electron chi connectivity index (χ1n) is 3.22. The maximum Gasteiger partial charge on any atom is 0.180 e. The Morgan fingerprint density at radius 1 is 1.00 bits per heavy atom. The molecule has 3 rings (SSSR count). The van der Waals surface area contributed by atoms with E-state index in [1.54, 1.807) is 0 Å². The Bertz CT molecular complexity index is 421. The van der Waals surface area contributed by atoms with E-state index < -0.39 is 0 Å². The molecule has 0 aliphatic carbocycles. The summed E-state index contributed by atoms with van der Waals surface area (Å²) in [6.45, 7) is 0. The fourth-order valence-corrected chi connectivity index (χ4v) is 1.22. The SMILES string of the molecule is c1ccc2c3nc-3nc2c1. The normalized spacial score (nSPS) is 12.0. The molecule has 0 amide bonds. The van der Waals surface area contributed by atoms with E-state index >= 15 is 0 Å². The van der Waals surface area contributed by atoms with Crippen molar-refractivity contribution in [1.82, 2.24) is 9.97 Å². The van der Waals surface area contributed by atoms with Crippen molar-refractivity contribution < 1.29 is 0 Å². The van der Waals surface area contributed by atoms with Crippen LogP contribution in [0.3, 0.4) is 0 Å². The van der Waals surface area contributed by atoms with Gasteiger partial charge in [0.2, 0.25) is 0 Å². The van der Waals surface area contributed by atoms with Crippen LogP contribution in [0.4, 0.5) is 0 Å². The average molecular weight is 128 g/mol. The standard InChI is InChI=1S/C8H4N2/c1-2-4-6-5(3-1)7-8(9-6)10-7/h1-4H. The molecule has 2 heterocycles. The van der Waals surface area contributed by atoms with Crippen LogP contribution in [-0.4, -0.2) is 9.97 Å². The van der Waals surface area contributed by atoms with Crippen molar-refractivity contribution in [3.05, 3.63) is 24.3 Å². The molecule has 2 aliphatic rings. The monoisotopic (exact) mass is 128 g/mol. The van der Waals surface area contributed by atoms with Gasteiger partial charge in [0.05, 0.1) is 5.52 Å². The molecular formula is C8H4N2. The summed E-state index contributed by atoms with van der Waals surface area (Å²) >= 11 is 0. The molecule has 1 aromatic rings. The number of benzene rings is 1. The number of para-hydroxylation sites is 1. The van der Waals surface area contributed by atoms with E-state index in [4.69, 9.17) is 0 Å². The van der Waals surface area contributed by atoms with Crippen molar-refractivity contribution >= 4 is 10.9 Å². The van der Waals surface area contributed by atoms with Crippen molar-refractivity contribution in [2.24, 2.45) is 0 Å². The van der Waals surface area contributed by atoms with Gasteiger partial charge >= 0.3 is 0 Å². The fourth-order valence-electron chi connectivity index (χ4n) is 1.22. The Morgan fingerprint density at radius 2 is 1.90 bits per heavy atom. The molecule has 2 aliphatic heterocycles. The zero-order chi connectivity index (χ0) is 6.55. The van der Waals surface area contributed by atoms with E-state index in [1.807, 2.05) is 18.2 Å². The number of hydrogen-bond donors (Lipinski definition) is 0. The van der Waals surface area contributed by atoms with Gasteiger partial charge in [-0.1, -0.05) is 18.2 Å². The Hall–Kier alpha value is -1.44. The van der Waals surface area contributed by atoms with Crippen molar-refractivity contribution in [3.63, 3.8) is 0 Å². The smallest absolute Gasteiger partial charge is 0.180 e. The van der Waals surface area contributed by atoms with Crippen LogP contribution < -0.4 is 0 Å². The van der Waals surface area contributed by atoms with E-state index in [2.05, 4.69) is 16.0 Å². The predicted octanol–water partition coefficient (Wildman–Crippen LogP) is 1.61. The molecular weight excluding hydrogens is 124 g/mol. The van der Waals surface area contributed by atoms with Crippen molar-refractivity contribution in [3.8, 4) is 11.5 Å². The molecule has 0 saturated carbocycles. The minimum absolute atomic E-state index is 0.932. The lowest BCUT2D eigenvalue weighted by molar-refractivity contribution is 1.46. The summed E-state index contributed by atoms with van der Waals surface area (Å²) in [4.78, 5) is 8.31. The highest BCUT2D eigenvalue weighted by molar-refractivity contribution is 5.98. The molecule has 2 nitrogen and oxygen atoms in total. The molecule has 0 spiro atoms. The lowest BCUT2D eigenvalue weighted by atomic mass is 10.2. The number of fused-ring (bicyclic) bond motifs is 3. The van der Waals surface area contributed by atoms with Crippen LogP contribution in [0, 0.1) is 0 Å². The van der Waals surface area contributed by atoms with Gasteiger partial charge in [-0.15, -0.1) is 0 Å². The van der Waals surface area contributed by atoms with Gasteiger partial charge < -0.3 is 0 Å². The first-order valence-corrected chi connectivity index (χ1v) is 3.22. The summed E-state index contributed by atoms with van der Waals surface area (Å²) in [5, 5.41) is 1.19. The largest absolute Gasteiger partial charge is 0.227 e. The third kappa shape index (κ3) is 0.365. The topological polar surface area (TPSA) is 25.8 Å². The number of aromatic nitrogens is 2. The van der Waals surface area contributed by atoms with Crippen LogP contribution in [-0.2, 0) is 0 Å². The van der Waals surface area contributed by atoms with E-state index in [0.29, 0.717) is 0 Å². The minimum atomic E-state index is 0.932. The van der Waals surface area contributed by atoms with Gasteiger partial charge in [0.1, 0.15) is 5.69 Å². The van der Waals surface area contributed by atoms with Gasteiger partial charge in [-0.3, -0.25) is 0 Å². The second-order valence-corrected chi connectivity index (χ2v) is 2.41. The lowest BCUT2D eigenvalue weighted by Crippen LogP contribution is -1.64. The molecule has 0 fully saturated rings. The first-order chi connectivity index (χ1) is 4.95. The van der Waals surface area contributed by atoms with Crippen LogP contribution in [0.5, 0.6) is 0 Å². The van der Waals surface area contributed by atoms with Gasteiger partial charge in [0.25, 0.3) is 0 Å². The quantitative estimate of drug-likeness (QED) is 0.459. The summed E-state index contributed by atoms with van der Waals surface area (Å²) in [5.41, 5.74) is 2.16. The third-order valence-corrected chi connectivity index (χ3v) is 1.77. The third-order valence-electron chi connectivity index (χ3n) is 1.77. The summed E-state index contributed by atoms with van der Waals surface area (Å²) in [7, 11) is 0. The number of rotatable bonds is 0. The number of nitrogens with zero attached hydrogens (tertiary/aromatic N) is 2. The average Bonchev–Trinajstić information content (AvgIpc) is 2.64. The number of hydrogen-bond acceptors (Lipinski definition) is 2. The van der Waals surface area contributed by atoms with E-state index in [1.165, 1.54) is 5.39 Å². The molecule has 0 bridgehead atoms. The van der Waals surface area contributed by atoms with E-state index in [9.17, 15) is 0 Å². The summed E-state index contributed by atoms with van der Waals surface area (Å²) < 4.78 is 0. The van der Waals surface area contributed by atoms with Gasteiger partial charge in [0.15, 0.2) is 5.82 Å². The minimum Gasteiger partial charge on any atom is -0.227 e. The van der Waals surface area contributed by atoms with Gasteiger partial charge in [-0.25, -0.2) is 9.97 Å². The lowest BCUT2D eigenvalue weighted by Gasteiger charge is -1.82. The van der Waals surface area contributed by atoms with Crippen molar-refractivity contribution in [1.29, 1.82) is 0 Å². The van der Waals surface area contributed by atoms with Crippen LogP contribution >= 0.6 is 0 Å². The fraction of sp³-hybridized carbons (Fsp3) is 0. The molecule has 0 radical (unpaired) electrons. The first kappa shape index (κ1) is 4.39. The molecule has 0 atom stereocenters. The molecule has 10 heavy (non-hydrogen) atoms. The Labute approximate surface area is 57.5 Å². The molecule has 1 aromatic carbocycles.